The van der Waals surface area contributed by atoms with Crippen molar-refractivity contribution in [3.63, 3.8) is 0 Å². The van der Waals surface area contributed by atoms with Crippen molar-refractivity contribution in [3.05, 3.63) is 29.2 Å². The second kappa shape index (κ2) is 5.22. The topological polar surface area (TPSA) is 57.6 Å². The van der Waals surface area contributed by atoms with Crippen LogP contribution in [0.15, 0.2) is 28.5 Å². The van der Waals surface area contributed by atoms with Gasteiger partial charge in [0.15, 0.2) is 0 Å². The van der Waals surface area contributed by atoms with E-state index >= 15 is 0 Å². The predicted octanol–water partition coefficient (Wildman–Crippen LogP) is 2.40. The van der Waals surface area contributed by atoms with Gasteiger partial charge in [0.05, 0.1) is 4.90 Å². The minimum Gasteiger partial charge on any atom is -0.508 e. The highest BCUT2D eigenvalue weighted by atomic mass is 32.2. The molecule has 0 amide bonds. The van der Waals surface area contributed by atoms with Gasteiger partial charge in [0, 0.05) is 17.5 Å². The van der Waals surface area contributed by atoms with Crippen molar-refractivity contribution < 1.29 is 13.5 Å². The van der Waals surface area contributed by atoms with E-state index in [4.69, 9.17) is 0 Å². The molecule has 20 heavy (non-hydrogen) atoms. The van der Waals surface area contributed by atoms with Gasteiger partial charge < -0.3 is 5.11 Å². The average molecular weight is 293 g/mol. The predicted molar refractivity (Wildman–Crippen MR) is 78.2 cm³/mol. The molecule has 1 aromatic rings. The number of aromatic hydroxyl groups is 1. The summed E-state index contributed by atoms with van der Waals surface area (Å²) in [4.78, 5) is 2.63. The molecule has 2 aliphatic rings. The van der Waals surface area contributed by atoms with Crippen LogP contribution in [0.3, 0.4) is 0 Å². The second-order valence-electron chi connectivity index (χ2n) is 5.56. The van der Waals surface area contributed by atoms with Crippen molar-refractivity contribution >= 4 is 15.4 Å². The van der Waals surface area contributed by atoms with Gasteiger partial charge in [-0.1, -0.05) is 12.8 Å². The second-order valence-corrected chi connectivity index (χ2v) is 7.32. The molecule has 1 N–H and O–H groups in total. The first-order valence-electron chi connectivity index (χ1n) is 7.08. The molecule has 2 heterocycles. The summed E-state index contributed by atoms with van der Waals surface area (Å²) in [6.07, 6.45) is 4.86. The maximum absolute atomic E-state index is 12.1. The number of phenols is 1. The van der Waals surface area contributed by atoms with Crippen LogP contribution in [0.4, 0.5) is 0 Å². The number of sulfone groups is 1. The number of phenolic OH excluding ortho intramolecular Hbond substituents is 1. The zero-order valence-electron chi connectivity index (χ0n) is 11.4. The normalized spacial score (nSPS) is 22.1. The van der Waals surface area contributed by atoms with Crippen LogP contribution in [0.5, 0.6) is 5.75 Å². The van der Waals surface area contributed by atoms with E-state index in [0.717, 1.165) is 18.7 Å². The summed E-state index contributed by atoms with van der Waals surface area (Å²) in [6.45, 7) is 2.69. The fourth-order valence-electron chi connectivity index (χ4n) is 2.99. The van der Waals surface area contributed by atoms with Crippen LogP contribution >= 0.6 is 0 Å². The van der Waals surface area contributed by atoms with Crippen LogP contribution in [-0.2, 0) is 9.84 Å². The Hall–Kier alpha value is -1.33. The van der Waals surface area contributed by atoms with Gasteiger partial charge in [-0.05, 0) is 49.7 Å². The molecule has 0 atom stereocenters. The number of hydrogen-bond donors (Lipinski definition) is 1. The molecular weight excluding hydrogens is 274 g/mol. The van der Waals surface area contributed by atoms with Gasteiger partial charge in [-0.3, -0.25) is 4.90 Å². The lowest BCUT2D eigenvalue weighted by molar-refractivity contribution is 0.320. The largest absolute Gasteiger partial charge is 0.508 e. The summed E-state index contributed by atoms with van der Waals surface area (Å²) in [5, 5.41) is 11.0. The SMILES string of the molecule is O=S1(=O)C=C(CN2CCCCCC2)c2cc(O)ccc21. The lowest BCUT2D eigenvalue weighted by atomic mass is 10.1. The van der Waals surface area contributed by atoms with Gasteiger partial charge in [0.25, 0.3) is 0 Å². The zero-order valence-corrected chi connectivity index (χ0v) is 12.2. The van der Waals surface area contributed by atoms with E-state index in [1.165, 1.54) is 43.2 Å². The number of rotatable bonds is 2. The van der Waals surface area contributed by atoms with Crippen molar-refractivity contribution in [1.82, 2.24) is 4.90 Å². The molecule has 0 unspecified atom stereocenters. The average Bonchev–Trinajstić information content (AvgIpc) is 2.59. The molecular formula is C15H19NO3S. The Morgan fingerprint density at radius 2 is 1.80 bits per heavy atom. The van der Waals surface area contributed by atoms with Crippen molar-refractivity contribution in [2.24, 2.45) is 0 Å². The minimum absolute atomic E-state index is 0.114. The molecule has 1 aromatic carbocycles. The van der Waals surface area contributed by atoms with Crippen LogP contribution in [0, 0.1) is 0 Å². The van der Waals surface area contributed by atoms with Crippen LogP contribution in [0.25, 0.3) is 5.57 Å². The van der Waals surface area contributed by atoms with Gasteiger partial charge in [0.2, 0.25) is 9.84 Å². The minimum atomic E-state index is -3.33. The number of benzene rings is 1. The maximum Gasteiger partial charge on any atom is 0.200 e. The first-order chi connectivity index (χ1) is 9.56. The molecule has 0 saturated carbocycles. The fourth-order valence-corrected chi connectivity index (χ4v) is 4.45. The molecule has 5 heteroatoms. The number of fused-ring (bicyclic) bond motifs is 1. The molecule has 0 radical (unpaired) electrons. The Morgan fingerprint density at radius 3 is 2.50 bits per heavy atom. The molecule has 4 nitrogen and oxygen atoms in total. The van der Waals surface area contributed by atoms with E-state index in [-0.39, 0.29) is 5.75 Å². The summed E-state index contributed by atoms with van der Waals surface area (Å²) in [5.41, 5.74) is 1.46. The fraction of sp³-hybridized carbons (Fsp3) is 0.467. The zero-order chi connectivity index (χ0) is 14.2. The highest BCUT2D eigenvalue weighted by Crippen LogP contribution is 2.36. The molecule has 0 spiro atoms. The molecule has 0 aliphatic carbocycles. The number of hydrogen-bond acceptors (Lipinski definition) is 4. The highest BCUT2D eigenvalue weighted by Gasteiger charge is 2.28. The monoisotopic (exact) mass is 293 g/mol. The van der Waals surface area contributed by atoms with Crippen LogP contribution in [0.1, 0.15) is 31.2 Å². The van der Waals surface area contributed by atoms with Crippen molar-refractivity contribution in [2.45, 2.75) is 30.6 Å². The smallest absolute Gasteiger partial charge is 0.200 e. The third-order valence-corrected chi connectivity index (χ3v) is 5.57. The Balaban J connectivity index is 1.89. The molecule has 3 rings (SSSR count). The van der Waals surface area contributed by atoms with Crippen LogP contribution in [0.2, 0.25) is 0 Å². The molecule has 2 aliphatic heterocycles. The first-order valence-corrected chi connectivity index (χ1v) is 8.62. The molecule has 1 saturated heterocycles. The van der Waals surface area contributed by atoms with Gasteiger partial charge in [-0.25, -0.2) is 8.42 Å². The van der Waals surface area contributed by atoms with Crippen LogP contribution in [-0.4, -0.2) is 38.1 Å². The standard InChI is InChI=1S/C15H19NO3S/c17-13-5-6-15-14(9-13)12(11-20(15,18)19)10-16-7-3-1-2-4-8-16/h5-6,9,11,17H,1-4,7-8,10H2. The summed E-state index contributed by atoms with van der Waals surface area (Å²) >= 11 is 0. The Morgan fingerprint density at radius 1 is 1.10 bits per heavy atom. The van der Waals surface area contributed by atoms with Gasteiger partial charge in [0.1, 0.15) is 5.75 Å². The Labute approximate surface area is 119 Å². The first kappa shape index (κ1) is 13.6. The van der Waals surface area contributed by atoms with E-state index in [1.54, 1.807) is 6.07 Å². The van der Waals surface area contributed by atoms with Gasteiger partial charge in [-0.15, -0.1) is 0 Å². The molecule has 0 bridgehead atoms. The summed E-state index contributed by atoms with van der Waals surface area (Å²) in [6, 6.07) is 4.48. The van der Waals surface area contributed by atoms with Crippen molar-refractivity contribution in [1.29, 1.82) is 0 Å². The Bertz CT molecular complexity index is 641. The summed E-state index contributed by atoms with van der Waals surface area (Å²) < 4.78 is 24.2. The van der Waals surface area contributed by atoms with Crippen molar-refractivity contribution in [2.75, 3.05) is 19.6 Å². The molecule has 1 fully saturated rings. The van der Waals surface area contributed by atoms with Crippen LogP contribution < -0.4 is 0 Å². The molecule has 0 aromatic heterocycles. The van der Waals surface area contributed by atoms with E-state index in [2.05, 4.69) is 4.90 Å². The van der Waals surface area contributed by atoms with E-state index in [1.807, 2.05) is 0 Å². The maximum atomic E-state index is 12.1. The summed E-state index contributed by atoms with van der Waals surface area (Å²) in [5.74, 6) is 0.114. The van der Waals surface area contributed by atoms with Gasteiger partial charge >= 0.3 is 0 Å². The quantitative estimate of drug-likeness (QED) is 0.909. The Kier molecular flexibility index (Phi) is 3.56. The van der Waals surface area contributed by atoms with E-state index < -0.39 is 9.84 Å². The lowest BCUT2D eigenvalue weighted by Gasteiger charge is -2.20. The lowest BCUT2D eigenvalue weighted by Crippen LogP contribution is -2.26. The van der Waals surface area contributed by atoms with E-state index in [9.17, 15) is 13.5 Å². The van der Waals surface area contributed by atoms with Gasteiger partial charge in [-0.2, -0.15) is 0 Å². The number of nitrogens with zero attached hydrogens (tertiary/aromatic N) is 1. The molecule has 108 valence electrons. The van der Waals surface area contributed by atoms with Crippen molar-refractivity contribution in [3.8, 4) is 5.75 Å². The van der Waals surface area contributed by atoms with E-state index in [0.29, 0.717) is 17.0 Å². The summed E-state index contributed by atoms with van der Waals surface area (Å²) in [7, 11) is -3.33. The third kappa shape index (κ3) is 2.60. The third-order valence-electron chi connectivity index (χ3n) is 4.01. The highest BCUT2D eigenvalue weighted by molar-refractivity contribution is 7.95. The number of likely N-dealkylation sites (tertiary alicyclic amines) is 1.